The number of fused-ring (bicyclic) bond motifs is 1. The van der Waals surface area contributed by atoms with Crippen molar-refractivity contribution >= 4 is 45.0 Å². The predicted molar refractivity (Wildman–Crippen MR) is 136 cm³/mol. The molecule has 0 atom stereocenters. The molecule has 4 aromatic rings. The maximum atomic E-state index is 12.7. The molecule has 8 nitrogen and oxygen atoms in total. The fourth-order valence-corrected chi connectivity index (χ4v) is 5.38. The van der Waals surface area contributed by atoms with Gasteiger partial charge in [0.2, 0.25) is 11.4 Å². The number of thiophene rings is 1. The van der Waals surface area contributed by atoms with Crippen LogP contribution in [0, 0.1) is 0 Å². The predicted octanol–water partition coefficient (Wildman–Crippen LogP) is 4.49. The second-order valence-corrected chi connectivity index (χ2v) is 9.37. The van der Waals surface area contributed by atoms with Crippen LogP contribution in [0.5, 0.6) is 0 Å². The summed E-state index contributed by atoms with van der Waals surface area (Å²) in [5.41, 5.74) is 3.45. The number of morpholine rings is 1. The molecule has 1 N–H and O–H groups in total. The summed E-state index contributed by atoms with van der Waals surface area (Å²) in [7, 11) is 0. The van der Waals surface area contributed by atoms with Gasteiger partial charge in [-0.1, -0.05) is 12.1 Å². The molecular weight excluding hydrogens is 450 g/mol. The van der Waals surface area contributed by atoms with Gasteiger partial charge in [0.15, 0.2) is 11.5 Å². The van der Waals surface area contributed by atoms with Crippen LogP contribution >= 0.6 is 11.3 Å². The first kappa shape index (κ1) is 21.1. The minimum Gasteiger partial charge on any atom is -0.439 e. The van der Waals surface area contributed by atoms with Gasteiger partial charge in [-0.2, -0.15) is 4.98 Å². The summed E-state index contributed by atoms with van der Waals surface area (Å²) in [6.45, 7) is 4.80. The zero-order valence-corrected chi connectivity index (χ0v) is 19.5. The van der Waals surface area contributed by atoms with Gasteiger partial charge in [0, 0.05) is 55.1 Å². The Morgan fingerprint density at radius 2 is 1.76 bits per heavy atom. The Morgan fingerprint density at radius 1 is 0.971 bits per heavy atom. The van der Waals surface area contributed by atoms with Crippen LogP contribution in [0.1, 0.15) is 12.8 Å². The summed E-state index contributed by atoms with van der Waals surface area (Å²) >= 11 is 1.42. The van der Waals surface area contributed by atoms with Crippen LogP contribution in [0.15, 0.2) is 57.2 Å². The highest BCUT2D eigenvalue weighted by Gasteiger charge is 2.19. The maximum Gasteiger partial charge on any atom is 0.229 e. The van der Waals surface area contributed by atoms with Crippen molar-refractivity contribution in [2.24, 2.45) is 0 Å². The van der Waals surface area contributed by atoms with E-state index in [4.69, 9.17) is 9.15 Å². The van der Waals surface area contributed by atoms with Gasteiger partial charge in [-0.3, -0.25) is 4.79 Å². The Labute approximate surface area is 200 Å². The van der Waals surface area contributed by atoms with Crippen LogP contribution in [-0.4, -0.2) is 49.4 Å². The molecule has 2 fully saturated rings. The minimum absolute atomic E-state index is 0.00712. The molecule has 0 bridgehead atoms. The van der Waals surface area contributed by atoms with Crippen molar-refractivity contribution in [3.8, 4) is 11.1 Å². The van der Waals surface area contributed by atoms with Gasteiger partial charge in [-0.25, -0.2) is 4.98 Å². The third-order valence-corrected chi connectivity index (χ3v) is 7.25. The van der Waals surface area contributed by atoms with Gasteiger partial charge in [-0.15, -0.1) is 11.3 Å². The Morgan fingerprint density at radius 3 is 2.56 bits per heavy atom. The summed E-state index contributed by atoms with van der Waals surface area (Å²) < 4.78 is 12.3. The van der Waals surface area contributed by atoms with Crippen LogP contribution in [-0.2, 0) is 4.74 Å². The van der Waals surface area contributed by atoms with E-state index in [0.29, 0.717) is 35.3 Å². The Kier molecular flexibility index (Phi) is 5.64. The number of hydrogen-bond donors (Lipinski definition) is 1. The molecule has 0 aliphatic carbocycles. The zero-order chi connectivity index (χ0) is 22.9. The van der Waals surface area contributed by atoms with Crippen LogP contribution in [0.3, 0.4) is 0 Å². The highest BCUT2D eigenvalue weighted by Crippen LogP contribution is 2.35. The van der Waals surface area contributed by atoms with Gasteiger partial charge in [0.05, 0.1) is 13.2 Å². The number of benzene rings is 1. The molecule has 2 aliphatic rings. The third-order valence-electron chi connectivity index (χ3n) is 6.28. The first-order valence-corrected chi connectivity index (χ1v) is 12.5. The monoisotopic (exact) mass is 475 g/mol. The lowest BCUT2D eigenvalue weighted by atomic mass is 10.1. The van der Waals surface area contributed by atoms with Crippen LogP contribution in [0.4, 0.5) is 23.3 Å². The van der Waals surface area contributed by atoms with E-state index < -0.39 is 0 Å². The first-order chi connectivity index (χ1) is 16.7. The first-order valence-electron chi connectivity index (χ1n) is 11.6. The van der Waals surface area contributed by atoms with Crippen molar-refractivity contribution in [1.29, 1.82) is 0 Å². The fourth-order valence-electron chi connectivity index (χ4n) is 4.46. The summed E-state index contributed by atoms with van der Waals surface area (Å²) in [4.78, 5) is 26.1. The zero-order valence-electron chi connectivity index (χ0n) is 18.7. The second kappa shape index (κ2) is 9.08. The van der Waals surface area contributed by atoms with Gasteiger partial charge in [0.1, 0.15) is 10.5 Å². The molecule has 6 rings (SSSR count). The Bertz CT molecular complexity index is 1360. The smallest absolute Gasteiger partial charge is 0.229 e. The van der Waals surface area contributed by atoms with Crippen molar-refractivity contribution in [2.45, 2.75) is 12.8 Å². The third kappa shape index (κ3) is 4.12. The van der Waals surface area contributed by atoms with E-state index in [9.17, 15) is 4.79 Å². The molecule has 34 heavy (non-hydrogen) atoms. The second-order valence-electron chi connectivity index (χ2n) is 8.49. The van der Waals surface area contributed by atoms with E-state index in [1.165, 1.54) is 24.2 Å². The topological polar surface area (TPSA) is 83.7 Å². The van der Waals surface area contributed by atoms with E-state index in [2.05, 4.69) is 25.1 Å². The number of nitrogens with one attached hydrogen (secondary N) is 1. The Balaban J connectivity index is 1.25. The molecular formula is C25H25N5O3S. The van der Waals surface area contributed by atoms with E-state index in [1.807, 2.05) is 35.7 Å². The normalized spacial score (nSPS) is 16.4. The highest BCUT2D eigenvalue weighted by molar-refractivity contribution is 7.17. The highest BCUT2D eigenvalue weighted by atomic mass is 32.1. The lowest BCUT2D eigenvalue weighted by molar-refractivity contribution is 0.121. The lowest BCUT2D eigenvalue weighted by Crippen LogP contribution is -2.36. The van der Waals surface area contributed by atoms with Crippen molar-refractivity contribution in [3.05, 3.63) is 58.2 Å². The Hall–Kier alpha value is -3.43. The maximum absolute atomic E-state index is 12.7. The van der Waals surface area contributed by atoms with Gasteiger partial charge in [-0.05, 0) is 36.6 Å². The largest absolute Gasteiger partial charge is 0.439 e. The van der Waals surface area contributed by atoms with Crippen molar-refractivity contribution in [2.75, 3.05) is 54.5 Å². The lowest BCUT2D eigenvalue weighted by Gasteiger charge is -2.27. The van der Waals surface area contributed by atoms with E-state index in [-0.39, 0.29) is 5.43 Å². The average molecular weight is 476 g/mol. The van der Waals surface area contributed by atoms with Crippen LogP contribution < -0.4 is 20.5 Å². The van der Waals surface area contributed by atoms with Gasteiger partial charge in [0.25, 0.3) is 0 Å². The summed E-state index contributed by atoms with van der Waals surface area (Å²) in [6, 6.07) is 11.6. The number of ether oxygens (including phenoxy) is 1. The SMILES string of the molecule is O=c1cc(N2CCOCC2)oc2c(-c3ccc(Nc4nccc(N5CCCC5)n4)cc3)csc12. The van der Waals surface area contributed by atoms with E-state index in [0.717, 1.165) is 48.8 Å². The quantitative estimate of drug-likeness (QED) is 0.452. The molecule has 9 heteroatoms. The average Bonchev–Trinajstić information content (AvgIpc) is 3.56. The molecule has 0 amide bonds. The molecule has 2 aliphatic heterocycles. The number of nitrogens with zero attached hydrogens (tertiary/aromatic N) is 4. The molecule has 174 valence electrons. The van der Waals surface area contributed by atoms with Gasteiger partial charge < -0.3 is 24.3 Å². The van der Waals surface area contributed by atoms with E-state index in [1.54, 1.807) is 12.3 Å². The summed E-state index contributed by atoms with van der Waals surface area (Å²) in [6.07, 6.45) is 4.21. The summed E-state index contributed by atoms with van der Waals surface area (Å²) in [5.74, 6) is 2.15. The van der Waals surface area contributed by atoms with Crippen molar-refractivity contribution in [1.82, 2.24) is 9.97 Å². The molecule has 5 heterocycles. The summed E-state index contributed by atoms with van der Waals surface area (Å²) in [5, 5.41) is 5.29. The van der Waals surface area contributed by atoms with E-state index >= 15 is 0 Å². The molecule has 0 radical (unpaired) electrons. The molecule has 0 unspecified atom stereocenters. The fraction of sp³-hybridized carbons (Fsp3) is 0.320. The standard InChI is InChI=1S/C25H25N5O3S/c31-20-15-22(30-11-13-32-14-12-30)33-23-19(16-34-24(20)23)17-3-5-18(6-4-17)27-25-26-8-7-21(28-25)29-9-1-2-10-29/h3-8,15-16H,1-2,9-14H2,(H,26,27,28). The molecule has 3 aromatic heterocycles. The number of rotatable bonds is 5. The van der Waals surface area contributed by atoms with Crippen molar-refractivity contribution in [3.63, 3.8) is 0 Å². The van der Waals surface area contributed by atoms with Crippen LogP contribution in [0.25, 0.3) is 21.4 Å². The number of anilines is 4. The van der Waals surface area contributed by atoms with Crippen molar-refractivity contribution < 1.29 is 9.15 Å². The number of aromatic nitrogens is 2. The minimum atomic E-state index is -0.00712. The molecule has 1 aromatic carbocycles. The van der Waals surface area contributed by atoms with Gasteiger partial charge >= 0.3 is 0 Å². The molecule has 0 spiro atoms. The number of hydrogen-bond acceptors (Lipinski definition) is 9. The van der Waals surface area contributed by atoms with Crippen LogP contribution in [0.2, 0.25) is 0 Å². The molecule has 0 saturated carbocycles. The molecule has 2 saturated heterocycles.